The highest BCUT2D eigenvalue weighted by Crippen LogP contribution is 2.44. The molecule has 4 aliphatic rings. The number of allylic oxidation sites excluding steroid dienone is 3. The van der Waals surface area contributed by atoms with Gasteiger partial charge in [0.05, 0.1) is 6.10 Å². The van der Waals surface area contributed by atoms with Crippen LogP contribution < -0.4 is 0 Å². The molecule has 4 aliphatic carbocycles. The van der Waals surface area contributed by atoms with Crippen LogP contribution in [0.4, 0.5) is 0 Å². The van der Waals surface area contributed by atoms with Gasteiger partial charge in [-0.25, -0.2) is 0 Å². The van der Waals surface area contributed by atoms with Gasteiger partial charge in [-0.2, -0.15) is 0 Å². The van der Waals surface area contributed by atoms with Crippen molar-refractivity contribution in [2.24, 2.45) is 41.4 Å². The van der Waals surface area contributed by atoms with Gasteiger partial charge >= 0.3 is 0 Å². The largest absolute Gasteiger partial charge is 0.378 e. The Bertz CT molecular complexity index is 541. The third-order valence-corrected chi connectivity index (χ3v) is 9.76. The van der Waals surface area contributed by atoms with E-state index in [1.807, 2.05) is 0 Å². The van der Waals surface area contributed by atoms with Crippen molar-refractivity contribution in [3.05, 3.63) is 24.8 Å². The Morgan fingerprint density at radius 1 is 0.710 bits per heavy atom. The highest BCUT2D eigenvalue weighted by Gasteiger charge is 2.33. The Hall–Kier alpha value is -0.560. The van der Waals surface area contributed by atoms with Crippen LogP contribution in [0.15, 0.2) is 24.8 Å². The zero-order valence-electron chi connectivity index (χ0n) is 20.5. The molecule has 1 heteroatoms. The van der Waals surface area contributed by atoms with Crippen molar-refractivity contribution < 1.29 is 4.74 Å². The fraction of sp³-hybridized carbons (Fsp3) is 0.867. The van der Waals surface area contributed by atoms with Gasteiger partial charge in [-0.15, -0.1) is 6.58 Å². The molecule has 0 aromatic heterocycles. The van der Waals surface area contributed by atoms with Crippen LogP contribution in [0.2, 0.25) is 0 Å². The molecule has 0 bridgehead atoms. The minimum absolute atomic E-state index is 0.560. The average molecular weight is 427 g/mol. The van der Waals surface area contributed by atoms with E-state index in [1.165, 1.54) is 103 Å². The van der Waals surface area contributed by atoms with Gasteiger partial charge in [0.15, 0.2) is 0 Å². The summed E-state index contributed by atoms with van der Waals surface area (Å²) < 4.78 is 6.42. The lowest BCUT2D eigenvalue weighted by Gasteiger charge is -2.40. The van der Waals surface area contributed by atoms with E-state index in [4.69, 9.17) is 4.74 Å². The second kappa shape index (κ2) is 12.1. The summed E-state index contributed by atoms with van der Waals surface area (Å²) in [6.45, 7) is 7.30. The highest BCUT2D eigenvalue weighted by atomic mass is 16.5. The van der Waals surface area contributed by atoms with E-state index < -0.39 is 0 Å². The normalized spacial score (nSPS) is 41.7. The average Bonchev–Trinajstić information content (AvgIpc) is 2.83. The molecule has 4 rings (SSSR count). The van der Waals surface area contributed by atoms with Crippen molar-refractivity contribution >= 4 is 0 Å². The molecular formula is C30H50O. The maximum atomic E-state index is 6.42. The number of hydrogen-bond acceptors (Lipinski definition) is 1. The molecule has 0 heterocycles. The fourth-order valence-corrected chi connectivity index (χ4v) is 7.46. The summed E-state index contributed by atoms with van der Waals surface area (Å²) in [5.74, 6) is 6.57. The van der Waals surface area contributed by atoms with E-state index >= 15 is 0 Å². The summed E-state index contributed by atoms with van der Waals surface area (Å²) in [7, 11) is 0. The highest BCUT2D eigenvalue weighted by molar-refractivity contribution is 5.00. The number of ether oxygens (including phenoxy) is 1. The minimum Gasteiger partial charge on any atom is -0.378 e. The Morgan fingerprint density at radius 3 is 1.94 bits per heavy atom. The van der Waals surface area contributed by atoms with Crippen molar-refractivity contribution in [3.63, 3.8) is 0 Å². The first-order valence-electron chi connectivity index (χ1n) is 14.1. The molecule has 3 fully saturated rings. The summed E-state index contributed by atoms with van der Waals surface area (Å²) in [5.41, 5.74) is 0. The third-order valence-electron chi connectivity index (χ3n) is 9.76. The zero-order chi connectivity index (χ0) is 21.5. The fourth-order valence-electron chi connectivity index (χ4n) is 7.46. The summed E-state index contributed by atoms with van der Waals surface area (Å²) in [6, 6.07) is 0. The lowest BCUT2D eigenvalue weighted by Crippen LogP contribution is -2.30. The van der Waals surface area contributed by atoms with E-state index in [0.717, 1.165) is 48.0 Å². The Morgan fingerprint density at radius 2 is 1.32 bits per heavy atom. The first-order valence-corrected chi connectivity index (χ1v) is 14.1. The predicted molar refractivity (Wildman–Crippen MR) is 133 cm³/mol. The van der Waals surface area contributed by atoms with Gasteiger partial charge < -0.3 is 4.74 Å². The van der Waals surface area contributed by atoms with Crippen LogP contribution in [-0.2, 0) is 4.74 Å². The van der Waals surface area contributed by atoms with Crippen molar-refractivity contribution in [1.82, 2.24) is 0 Å². The van der Waals surface area contributed by atoms with Gasteiger partial charge in [-0.3, -0.25) is 0 Å². The van der Waals surface area contributed by atoms with Crippen LogP contribution in [0.3, 0.4) is 0 Å². The van der Waals surface area contributed by atoms with Crippen LogP contribution in [-0.4, -0.2) is 12.7 Å². The van der Waals surface area contributed by atoms with Crippen LogP contribution in [0.25, 0.3) is 0 Å². The lowest BCUT2D eigenvalue weighted by molar-refractivity contribution is -0.0129. The molecule has 0 radical (unpaired) electrons. The smallest absolute Gasteiger partial charge is 0.0575 e. The summed E-state index contributed by atoms with van der Waals surface area (Å²) in [4.78, 5) is 0. The molecule has 31 heavy (non-hydrogen) atoms. The molecule has 0 N–H and O–H groups in total. The SMILES string of the molecule is C=CCCC1CCC(OCC2CCC(C3CCC(C4C=CC(C)CC4)CC3)CC2)CC1. The number of rotatable bonds is 8. The molecule has 2 unspecified atom stereocenters. The number of hydrogen-bond donors (Lipinski definition) is 0. The molecule has 176 valence electrons. The van der Waals surface area contributed by atoms with Gasteiger partial charge in [-0.05, 0) is 144 Å². The molecule has 3 saturated carbocycles. The van der Waals surface area contributed by atoms with Crippen LogP contribution in [0.5, 0.6) is 0 Å². The molecule has 1 nitrogen and oxygen atoms in total. The molecule has 0 amide bonds. The Kier molecular flexibility index (Phi) is 9.18. The van der Waals surface area contributed by atoms with Gasteiger partial charge in [0.2, 0.25) is 0 Å². The van der Waals surface area contributed by atoms with Gasteiger partial charge in [0.25, 0.3) is 0 Å². The van der Waals surface area contributed by atoms with E-state index in [2.05, 4.69) is 31.7 Å². The maximum absolute atomic E-state index is 6.42. The molecular weight excluding hydrogens is 376 g/mol. The zero-order valence-corrected chi connectivity index (χ0v) is 20.5. The molecule has 0 aromatic carbocycles. The van der Waals surface area contributed by atoms with Crippen molar-refractivity contribution in [2.45, 2.75) is 116 Å². The van der Waals surface area contributed by atoms with Crippen molar-refractivity contribution in [3.8, 4) is 0 Å². The van der Waals surface area contributed by atoms with Crippen molar-refractivity contribution in [1.29, 1.82) is 0 Å². The van der Waals surface area contributed by atoms with Gasteiger partial charge in [0.1, 0.15) is 0 Å². The topological polar surface area (TPSA) is 9.23 Å². The second-order valence-electron chi connectivity index (χ2n) is 11.9. The lowest BCUT2D eigenvalue weighted by atomic mass is 9.66. The molecule has 0 aromatic rings. The Labute approximate surface area is 193 Å². The summed E-state index contributed by atoms with van der Waals surface area (Å²) in [6.07, 6.45) is 30.4. The quantitative estimate of drug-likeness (QED) is 0.352. The van der Waals surface area contributed by atoms with E-state index in [-0.39, 0.29) is 0 Å². The van der Waals surface area contributed by atoms with E-state index in [0.29, 0.717) is 6.10 Å². The molecule has 0 aliphatic heterocycles. The molecule has 0 saturated heterocycles. The maximum Gasteiger partial charge on any atom is 0.0575 e. The van der Waals surface area contributed by atoms with Gasteiger partial charge in [-0.1, -0.05) is 25.2 Å². The second-order valence-corrected chi connectivity index (χ2v) is 11.9. The van der Waals surface area contributed by atoms with Crippen LogP contribution >= 0.6 is 0 Å². The van der Waals surface area contributed by atoms with E-state index in [1.54, 1.807) is 0 Å². The van der Waals surface area contributed by atoms with Gasteiger partial charge in [0, 0.05) is 6.61 Å². The molecule has 2 atom stereocenters. The minimum atomic E-state index is 0.560. The standard InChI is InChI=1S/C30H50O/c1-3-4-5-24-10-20-30(21-11-24)31-22-25-8-14-27(15-9-25)29-18-16-28(17-19-29)26-12-6-23(2)7-13-26/h3,6,12,23-30H,1,4-5,7-11,13-22H2,2H3. The van der Waals surface area contributed by atoms with E-state index in [9.17, 15) is 0 Å². The first kappa shape index (κ1) is 23.6. The molecule has 0 spiro atoms. The Balaban J connectivity index is 1.09. The summed E-state index contributed by atoms with van der Waals surface area (Å²) >= 11 is 0. The predicted octanol–water partition coefficient (Wildman–Crippen LogP) is 8.74. The first-order chi connectivity index (χ1) is 15.2. The third kappa shape index (κ3) is 6.96. The van der Waals surface area contributed by atoms with Crippen LogP contribution in [0.1, 0.15) is 110 Å². The summed E-state index contributed by atoms with van der Waals surface area (Å²) in [5, 5.41) is 0. The van der Waals surface area contributed by atoms with Crippen LogP contribution in [0, 0.1) is 41.4 Å². The monoisotopic (exact) mass is 426 g/mol. The van der Waals surface area contributed by atoms with Crippen molar-refractivity contribution in [2.75, 3.05) is 6.61 Å².